The molecule has 0 spiro atoms. The molecule has 1 aromatic heterocycles. The van der Waals surface area contributed by atoms with Gasteiger partial charge in [-0.2, -0.15) is 0 Å². The smallest absolute Gasteiger partial charge is 0.315 e. The second-order valence-electron chi connectivity index (χ2n) is 6.15. The first-order chi connectivity index (χ1) is 8.47. The summed E-state index contributed by atoms with van der Waals surface area (Å²) in [5.74, 6) is 0.683. The van der Waals surface area contributed by atoms with Crippen molar-refractivity contribution >= 4 is 6.01 Å². The van der Waals surface area contributed by atoms with E-state index >= 15 is 0 Å². The Balaban J connectivity index is 1.78. The molecule has 0 bridgehead atoms. The van der Waals surface area contributed by atoms with Crippen molar-refractivity contribution in [2.45, 2.75) is 51.5 Å². The van der Waals surface area contributed by atoms with Gasteiger partial charge in [0.15, 0.2) is 0 Å². The third-order valence-electron chi connectivity index (χ3n) is 3.49. The number of likely N-dealkylation sites (tertiary alicyclic amines) is 1. The van der Waals surface area contributed by atoms with Gasteiger partial charge in [0.1, 0.15) is 0 Å². The topological polar surface area (TPSA) is 54.2 Å². The standard InChI is InChI=1S/C13H24N4O/c1-13(2,3)11-15-16-12(18-11)14-8-7-10-6-5-9-17(10)4/h10H,5-9H2,1-4H3,(H,14,16)/t10-/m0/s1. The van der Waals surface area contributed by atoms with Gasteiger partial charge in [-0.1, -0.05) is 25.9 Å². The highest BCUT2D eigenvalue weighted by Crippen LogP contribution is 2.22. The van der Waals surface area contributed by atoms with Gasteiger partial charge >= 0.3 is 6.01 Å². The van der Waals surface area contributed by atoms with Gasteiger partial charge in [-0.3, -0.25) is 0 Å². The second kappa shape index (κ2) is 5.26. The van der Waals surface area contributed by atoms with E-state index in [1.807, 2.05) is 0 Å². The SMILES string of the molecule is CN1CCC[C@H]1CCNc1nnc(C(C)(C)C)o1. The lowest BCUT2D eigenvalue weighted by Crippen LogP contribution is -2.26. The molecule has 5 nitrogen and oxygen atoms in total. The van der Waals surface area contributed by atoms with Crippen LogP contribution < -0.4 is 5.32 Å². The summed E-state index contributed by atoms with van der Waals surface area (Å²) in [5.41, 5.74) is -0.0847. The lowest BCUT2D eigenvalue weighted by molar-refractivity contribution is 0.300. The minimum absolute atomic E-state index is 0.0847. The summed E-state index contributed by atoms with van der Waals surface area (Å²) in [5, 5.41) is 11.3. The Bertz CT molecular complexity index is 383. The van der Waals surface area contributed by atoms with Crippen LogP contribution in [-0.4, -0.2) is 41.3 Å². The van der Waals surface area contributed by atoms with Crippen molar-refractivity contribution < 1.29 is 4.42 Å². The van der Waals surface area contributed by atoms with Crippen molar-refractivity contribution in [2.75, 3.05) is 25.5 Å². The lowest BCUT2D eigenvalue weighted by Gasteiger charge is -2.18. The first-order valence-electron chi connectivity index (χ1n) is 6.75. The number of aromatic nitrogens is 2. The predicted octanol–water partition coefficient (Wildman–Crippen LogP) is 2.26. The highest BCUT2D eigenvalue weighted by molar-refractivity contribution is 5.18. The molecule has 0 amide bonds. The van der Waals surface area contributed by atoms with Crippen LogP contribution in [0.15, 0.2) is 4.42 Å². The fourth-order valence-electron chi connectivity index (χ4n) is 2.29. The summed E-state index contributed by atoms with van der Waals surface area (Å²) in [6.45, 7) is 8.31. The maximum atomic E-state index is 5.59. The fraction of sp³-hybridized carbons (Fsp3) is 0.846. The number of anilines is 1. The van der Waals surface area contributed by atoms with Crippen LogP contribution in [0.3, 0.4) is 0 Å². The zero-order chi connectivity index (χ0) is 13.2. The average molecular weight is 252 g/mol. The Morgan fingerprint density at radius 1 is 1.39 bits per heavy atom. The molecule has 0 saturated carbocycles. The van der Waals surface area contributed by atoms with Gasteiger partial charge in [-0.25, -0.2) is 0 Å². The molecule has 1 fully saturated rings. The largest absolute Gasteiger partial charge is 0.408 e. The van der Waals surface area contributed by atoms with Gasteiger partial charge in [-0.15, -0.1) is 5.10 Å². The number of nitrogens with zero attached hydrogens (tertiary/aromatic N) is 3. The van der Waals surface area contributed by atoms with Gasteiger partial charge in [0.05, 0.1) is 0 Å². The van der Waals surface area contributed by atoms with Crippen LogP contribution in [0.25, 0.3) is 0 Å². The van der Waals surface area contributed by atoms with Gasteiger partial charge < -0.3 is 14.6 Å². The van der Waals surface area contributed by atoms with E-state index in [0.29, 0.717) is 17.9 Å². The summed E-state index contributed by atoms with van der Waals surface area (Å²) >= 11 is 0. The number of hydrogen-bond donors (Lipinski definition) is 1. The van der Waals surface area contributed by atoms with E-state index in [2.05, 4.69) is 48.2 Å². The molecule has 1 aromatic rings. The molecule has 0 radical (unpaired) electrons. The van der Waals surface area contributed by atoms with Crippen LogP contribution in [0.1, 0.15) is 45.9 Å². The molecular weight excluding hydrogens is 228 g/mol. The minimum Gasteiger partial charge on any atom is -0.408 e. The summed E-state index contributed by atoms with van der Waals surface area (Å²) in [7, 11) is 2.20. The molecule has 1 aliphatic heterocycles. The Labute approximate surface area is 109 Å². The highest BCUT2D eigenvalue weighted by atomic mass is 16.4. The van der Waals surface area contributed by atoms with Crippen LogP contribution in [0.2, 0.25) is 0 Å². The monoisotopic (exact) mass is 252 g/mol. The number of nitrogens with one attached hydrogen (secondary N) is 1. The zero-order valence-corrected chi connectivity index (χ0v) is 11.9. The van der Waals surface area contributed by atoms with Crippen molar-refractivity contribution in [2.24, 2.45) is 0 Å². The summed E-state index contributed by atoms with van der Waals surface area (Å²) in [6, 6.07) is 1.24. The Morgan fingerprint density at radius 2 is 2.17 bits per heavy atom. The van der Waals surface area contributed by atoms with Gasteiger partial charge in [0.25, 0.3) is 0 Å². The van der Waals surface area contributed by atoms with Crippen molar-refractivity contribution in [3.63, 3.8) is 0 Å². The van der Waals surface area contributed by atoms with Crippen LogP contribution in [0, 0.1) is 0 Å². The van der Waals surface area contributed by atoms with Crippen molar-refractivity contribution in [3.05, 3.63) is 5.89 Å². The fourth-order valence-corrected chi connectivity index (χ4v) is 2.29. The maximum absolute atomic E-state index is 5.59. The second-order valence-corrected chi connectivity index (χ2v) is 6.15. The van der Waals surface area contributed by atoms with E-state index < -0.39 is 0 Å². The first-order valence-corrected chi connectivity index (χ1v) is 6.75. The molecule has 0 aliphatic carbocycles. The molecule has 1 N–H and O–H groups in total. The van der Waals surface area contributed by atoms with Crippen molar-refractivity contribution in [1.29, 1.82) is 0 Å². The Hall–Kier alpha value is -1.10. The van der Waals surface area contributed by atoms with E-state index in [-0.39, 0.29) is 5.41 Å². The maximum Gasteiger partial charge on any atom is 0.315 e. The third-order valence-corrected chi connectivity index (χ3v) is 3.49. The number of rotatable bonds is 4. The van der Waals surface area contributed by atoms with Crippen LogP contribution in [0.4, 0.5) is 6.01 Å². The minimum atomic E-state index is -0.0847. The molecule has 1 atom stereocenters. The molecule has 0 unspecified atom stereocenters. The van der Waals surface area contributed by atoms with Gasteiger partial charge in [0.2, 0.25) is 5.89 Å². The van der Waals surface area contributed by atoms with E-state index in [0.717, 1.165) is 13.0 Å². The van der Waals surface area contributed by atoms with E-state index in [4.69, 9.17) is 4.42 Å². The molecule has 1 aliphatic rings. The van der Waals surface area contributed by atoms with Gasteiger partial charge in [0, 0.05) is 18.0 Å². The zero-order valence-electron chi connectivity index (χ0n) is 11.9. The van der Waals surface area contributed by atoms with E-state index in [1.165, 1.54) is 19.4 Å². The molecule has 0 aromatic carbocycles. The first kappa shape index (κ1) is 13.3. The quantitative estimate of drug-likeness (QED) is 0.891. The van der Waals surface area contributed by atoms with Crippen molar-refractivity contribution in [1.82, 2.24) is 15.1 Å². The normalized spacial score (nSPS) is 21.4. The molecule has 102 valence electrons. The Kier molecular flexibility index (Phi) is 3.90. The molecule has 1 saturated heterocycles. The van der Waals surface area contributed by atoms with Gasteiger partial charge in [-0.05, 0) is 32.9 Å². The van der Waals surface area contributed by atoms with E-state index in [9.17, 15) is 0 Å². The van der Waals surface area contributed by atoms with Crippen LogP contribution in [0.5, 0.6) is 0 Å². The molecule has 2 rings (SSSR count). The average Bonchev–Trinajstić information content (AvgIpc) is 2.88. The summed E-state index contributed by atoms with van der Waals surface area (Å²) in [4.78, 5) is 2.43. The number of hydrogen-bond acceptors (Lipinski definition) is 5. The lowest BCUT2D eigenvalue weighted by atomic mass is 9.97. The summed E-state index contributed by atoms with van der Waals surface area (Å²) in [6.07, 6.45) is 3.74. The van der Waals surface area contributed by atoms with E-state index in [1.54, 1.807) is 0 Å². The molecule has 5 heteroatoms. The molecular formula is C13H24N4O. The molecule has 18 heavy (non-hydrogen) atoms. The highest BCUT2D eigenvalue weighted by Gasteiger charge is 2.22. The van der Waals surface area contributed by atoms with Crippen LogP contribution in [-0.2, 0) is 5.41 Å². The van der Waals surface area contributed by atoms with Crippen LogP contribution >= 0.6 is 0 Å². The van der Waals surface area contributed by atoms with Crippen molar-refractivity contribution in [3.8, 4) is 0 Å². The summed E-state index contributed by atoms with van der Waals surface area (Å²) < 4.78 is 5.59. The predicted molar refractivity (Wildman–Crippen MR) is 71.8 cm³/mol. The molecule has 2 heterocycles. The third kappa shape index (κ3) is 3.22. The Morgan fingerprint density at radius 3 is 2.72 bits per heavy atom.